The van der Waals surface area contributed by atoms with E-state index in [1.165, 1.54) is 12.8 Å². The minimum Gasteiger partial charge on any atom is -0.467 e. The molecule has 1 aliphatic carbocycles. The van der Waals surface area contributed by atoms with E-state index >= 15 is 0 Å². The molecule has 0 atom stereocenters. The van der Waals surface area contributed by atoms with Crippen molar-refractivity contribution in [2.75, 3.05) is 0 Å². The molecule has 2 N–H and O–H groups in total. The molecular formula is C16H20N2O3. The largest absolute Gasteiger partial charge is 0.467 e. The van der Waals surface area contributed by atoms with Crippen LogP contribution >= 0.6 is 0 Å². The third-order valence-electron chi connectivity index (χ3n) is 4.01. The standard InChI is InChI=1S/C16H20N2O3/c17-10-13-7-8-15(21-13)16(19)18(12-4-1-2-5-12)11-14-6-3-9-20-14/h3,6-9,12H,1-2,4-5,10-11,17H2. The van der Waals surface area contributed by atoms with Gasteiger partial charge in [0, 0.05) is 6.04 Å². The number of rotatable bonds is 5. The first-order chi connectivity index (χ1) is 10.3. The van der Waals surface area contributed by atoms with Gasteiger partial charge < -0.3 is 19.5 Å². The van der Waals surface area contributed by atoms with Gasteiger partial charge in [0.1, 0.15) is 11.5 Å². The number of amides is 1. The second-order valence-corrected chi connectivity index (χ2v) is 5.42. The van der Waals surface area contributed by atoms with Crippen LogP contribution in [0.2, 0.25) is 0 Å². The highest BCUT2D eigenvalue weighted by Crippen LogP contribution is 2.27. The van der Waals surface area contributed by atoms with E-state index in [0.29, 0.717) is 24.6 Å². The van der Waals surface area contributed by atoms with Crippen molar-refractivity contribution in [3.8, 4) is 0 Å². The van der Waals surface area contributed by atoms with Crippen LogP contribution in [0.4, 0.5) is 0 Å². The Morgan fingerprint density at radius 2 is 2.05 bits per heavy atom. The maximum Gasteiger partial charge on any atom is 0.290 e. The fourth-order valence-corrected chi connectivity index (χ4v) is 2.90. The van der Waals surface area contributed by atoms with Crippen LogP contribution in [0.15, 0.2) is 39.4 Å². The Bertz CT molecular complexity index is 582. The summed E-state index contributed by atoms with van der Waals surface area (Å²) >= 11 is 0. The zero-order chi connectivity index (χ0) is 14.7. The molecule has 0 aromatic carbocycles. The molecule has 5 nitrogen and oxygen atoms in total. The van der Waals surface area contributed by atoms with Crippen LogP contribution in [0.5, 0.6) is 0 Å². The van der Waals surface area contributed by atoms with E-state index in [2.05, 4.69) is 0 Å². The summed E-state index contributed by atoms with van der Waals surface area (Å²) in [5.41, 5.74) is 5.54. The Labute approximate surface area is 123 Å². The third-order valence-corrected chi connectivity index (χ3v) is 4.01. The second kappa shape index (κ2) is 6.18. The summed E-state index contributed by atoms with van der Waals surface area (Å²) in [5, 5.41) is 0. The molecule has 0 saturated heterocycles. The lowest BCUT2D eigenvalue weighted by Crippen LogP contribution is -2.38. The van der Waals surface area contributed by atoms with Crippen LogP contribution < -0.4 is 5.73 Å². The first kappa shape index (κ1) is 13.9. The van der Waals surface area contributed by atoms with Crippen molar-refractivity contribution in [2.24, 2.45) is 5.73 Å². The summed E-state index contributed by atoms with van der Waals surface area (Å²) in [6.07, 6.45) is 6.04. The molecule has 0 spiro atoms. The summed E-state index contributed by atoms with van der Waals surface area (Å²) in [5.74, 6) is 1.69. The molecule has 1 amide bonds. The Hall–Kier alpha value is -2.01. The van der Waals surface area contributed by atoms with Gasteiger partial charge in [-0.15, -0.1) is 0 Å². The minimum absolute atomic E-state index is 0.0852. The van der Waals surface area contributed by atoms with Crippen LogP contribution in [0.25, 0.3) is 0 Å². The minimum atomic E-state index is -0.0852. The van der Waals surface area contributed by atoms with Gasteiger partial charge in [-0.25, -0.2) is 0 Å². The van der Waals surface area contributed by atoms with Crippen molar-refractivity contribution >= 4 is 5.91 Å². The first-order valence-corrected chi connectivity index (χ1v) is 7.40. The predicted octanol–water partition coefficient (Wildman–Crippen LogP) is 2.92. The van der Waals surface area contributed by atoms with Crippen molar-refractivity contribution in [1.29, 1.82) is 0 Å². The van der Waals surface area contributed by atoms with Crippen LogP contribution in [-0.2, 0) is 13.1 Å². The van der Waals surface area contributed by atoms with E-state index in [9.17, 15) is 4.79 Å². The molecule has 2 heterocycles. The van der Waals surface area contributed by atoms with E-state index in [-0.39, 0.29) is 11.9 Å². The number of hydrogen-bond donors (Lipinski definition) is 1. The van der Waals surface area contributed by atoms with Crippen LogP contribution in [0, 0.1) is 0 Å². The number of carbonyl (C=O) groups excluding carboxylic acids is 1. The average Bonchev–Trinajstić information content (AvgIpc) is 3.25. The molecule has 1 aliphatic rings. The molecule has 2 aromatic heterocycles. The maximum atomic E-state index is 12.7. The topological polar surface area (TPSA) is 72.6 Å². The number of carbonyl (C=O) groups is 1. The highest BCUT2D eigenvalue weighted by Gasteiger charge is 2.29. The van der Waals surface area contributed by atoms with E-state index in [1.807, 2.05) is 17.0 Å². The van der Waals surface area contributed by atoms with Gasteiger partial charge in [-0.1, -0.05) is 12.8 Å². The van der Waals surface area contributed by atoms with Crippen molar-refractivity contribution < 1.29 is 13.6 Å². The smallest absolute Gasteiger partial charge is 0.290 e. The van der Waals surface area contributed by atoms with Gasteiger partial charge in [-0.05, 0) is 37.1 Å². The zero-order valence-corrected chi connectivity index (χ0v) is 12.0. The quantitative estimate of drug-likeness (QED) is 0.918. The van der Waals surface area contributed by atoms with Gasteiger partial charge in [0.2, 0.25) is 0 Å². The highest BCUT2D eigenvalue weighted by atomic mass is 16.4. The summed E-state index contributed by atoms with van der Waals surface area (Å²) in [4.78, 5) is 14.6. The Morgan fingerprint density at radius 3 is 2.67 bits per heavy atom. The second-order valence-electron chi connectivity index (χ2n) is 5.42. The van der Waals surface area contributed by atoms with Gasteiger partial charge in [0.15, 0.2) is 5.76 Å². The average molecular weight is 288 g/mol. The molecule has 2 aromatic rings. The lowest BCUT2D eigenvalue weighted by atomic mass is 10.2. The molecule has 0 bridgehead atoms. The van der Waals surface area contributed by atoms with Gasteiger partial charge in [0.25, 0.3) is 5.91 Å². The van der Waals surface area contributed by atoms with E-state index in [4.69, 9.17) is 14.6 Å². The molecule has 0 radical (unpaired) electrons. The normalized spacial score (nSPS) is 15.5. The maximum absolute atomic E-state index is 12.7. The van der Waals surface area contributed by atoms with Crippen LogP contribution in [-0.4, -0.2) is 16.8 Å². The Morgan fingerprint density at radius 1 is 1.24 bits per heavy atom. The van der Waals surface area contributed by atoms with Crippen LogP contribution in [0.1, 0.15) is 47.8 Å². The summed E-state index contributed by atoms with van der Waals surface area (Å²) < 4.78 is 10.9. The Kier molecular flexibility index (Phi) is 4.10. The Balaban J connectivity index is 1.81. The summed E-state index contributed by atoms with van der Waals surface area (Å²) in [7, 11) is 0. The molecule has 21 heavy (non-hydrogen) atoms. The predicted molar refractivity (Wildman–Crippen MR) is 77.4 cm³/mol. The van der Waals surface area contributed by atoms with Gasteiger partial charge in [-0.3, -0.25) is 4.79 Å². The van der Waals surface area contributed by atoms with Crippen molar-refractivity contribution in [3.05, 3.63) is 47.8 Å². The lowest BCUT2D eigenvalue weighted by molar-refractivity contribution is 0.0614. The molecule has 0 unspecified atom stereocenters. The third kappa shape index (κ3) is 3.03. The van der Waals surface area contributed by atoms with Gasteiger partial charge >= 0.3 is 0 Å². The lowest BCUT2D eigenvalue weighted by Gasteiger charge is -2.27. The van der Waals surface area contributed by atoms with Crippen molar-refractivity contribution in [1.82, 2.24) is 4.90 Å². The SMILES string of the molecule is NCc1ccc(C(=O)N(Cc2ccco2)C2CCCC2)o1. The number of furan rings is 2. The fraction of sp³-hybridized carbons (Fsp3) is 0.438. The monoisotopic (exact) mass is 288 g/mol. The first-order valence-electron chi connectivity index (χ1n) is 7.40. The molecule has 112 valence electrons. The molecule has 1 fully saturated rings. The van der Waals surface area contributed by atoms with E-state index < -0.39 is 0 Å². The zero-order valence-electron chi connectivity index (χ0n) is 12.0. The van der Waals surface area contributed by atoms with Crippen molar-refractivity contribution in [3.63, 3.8) is 0 Å². The van der Waals surface area contributed by atoms with Gasteiger partial charge in [-0.2, -0.15) is 0 Å². The van der Waals surface area contributed by atoms with E-state index in [1.54, 1.807) is 18.4 Å². The number of hydrogen-bond acceptors (Lipinski definition) is 4. The molecular weight excluding hydrogens is 268 g/mol. The summed E-state index contributed by atoms with van der Waals surface area (Å²) in [6, 6.07) is 7.45. The summed E-state index contributed by atoms with van der Waals surface area (Å²) in [6.45, 7) is 0.782. The molecule has 5 heteroatoms. The molecule has 1 saturated carbocycles. The van der Waals surface area contributed by atoms with Gasteiger partial charge in [0.05, 0.1) is 19.4 Å². The molecule has 3 rings (SSSR count). The van der Waals surface area contributed by atoms with E-state index in [0.717, 1.165) is 18.6 Å². The highest BCUT2D eigenvalue weighted by molar-refractivity contribution is 5.91. The van der Waals surface area contributed by atoms with Crippen LogP contribution in [0.3, 0.4) is 0 Å². The fourth-order valence-electron chi connectivity index (χ4n) is 2.90. The van der Waals surface area contributed by atoms with Crippen molar-refractivity contribution in [2.45, 2.75) is 44.8 Å². The number of nitrogens with zero attached hydrogens (tertiary/aromatic N) is 1. The number of nitrogens with two attached hydrogens (primary N) is 1. The molecule has 0 aliphatic heterocycles.